The highest BCUT2D eigenvalue weighted by atomic mass is 35.5. The molecule has 8 nitrogen and oxygen atoms in total. The highest BCUT2D eigenvalue weighted by Gasteiger charge is 2.29. The number of aromatic nitrogens is 2. The Morgan fingerprint density at radius 3 is 2.48 bits per heavy atom. The van der Waals surface area contributed by atoms with Crippen molar-refractivity contribution in [1.29, 1.82) is 0 Å². The van der Waals surface area contributed by atoms with Gasteiger partial charge in [-0.15, -0.1) is 11.3 Å². The van der Waals surface area contributed by atoms with Crippen molar-refractivity contribution in [2.24, 2.45) is 0 Å². The summed E-state index contributed by atoms with van der Waals surface area (Å²) in [6.07, 6.45) is 5.07. The molecular formula is C20H28ClN5O3S2. The second-order valence-corrected chi connectivity index (χ2v) is 11.9. The Hall–Kier alpha value is -1.91. The molecule has 0 bridgehead atoms. The van der Waals surface area contributed by atoms with Crippen molar-refractivity contribution in [3.8, 4) is 0 Å². The Labute approximate surface area is 192 Å². The van der Waals surface area contributed by atoms with Crippen LogP contribution in [0.25, 0.3) is 0 Å². The van der Waals surface area contributed by atoms with Crippen LogP contribution in [0.4, 0.5) is 11.8 Å². The monoisotopic (exact) mass is 485 g/mol. The molecule has 2 heterocycles. The third kappa shape index (κ3) is 5.48. The quantitative estimate of drug-likeness (QED) is 0.617. The number of hydrogen-bond donors (Lipinski definition) is 2. The molecule has 31 heavy (non-hydrogen) atoms. The van der Waals surface area contributed by atoms with Gasteiger partial charge in [0.15, 0.2) is 9.84 Å². The minimum absolute atomic E-state index is 0.0166. The molecular weight excluding hydrogens is 458 g/mol. The van der Waals surface area contributed by atoms with Crippen LogP contribution in [0.5, 0.6) is 0 Å². The van der Waals surface area contributed by atoms with Crippen molar-refractivity contribution in [2.45, 2.75) is 61.8 Å². The Morgan fingerprint density at radius 1 is 1.23 bits per heavy atom. The van der Waals surface area contributed by atoms with Crippen LogP contribution in [0.1, 0.15) is 49.2 Å². The lowest BCUT2D eigenvalue weighted by atomic mass is 9.91. The molecule has 3 rings (SSSR count). The van der Waals surface area contributed by atoms with Crippen LogP contribution in [-0.4, -0.2) is 55.7 Å². The summed E-state index contributed by atoms with van der Waals surface area (Å²) in [4.78, 5) is 23.7. The number of hydrogen-bond acceptors (Lipinski definition) is 8. The Kier molecular flexibility index (Phi) is 7.43. The SMILES string of the molecule is CC(C)S(=O)(=O)c1csc(C(=O)NC2CCC(Nc3nccc(N(C)C)n3)CC2)c1Cl. The van der Waals surface area contributed by atoms with Gasteiger partial charge in [-0.3, -0.25) is 4.79 Å². The fraction of sp³-hybridized carbons (Fsp3) is 0.550. The summed E-state index contributed by atoms with van der Waals surface area (Å²) in [6, 6.07) is 2.10. The lowest BCUT2D eigenvalue weighted by Gasteiger charge is -2.29. The highest BCUT2D eigenvalue weighted by molar-refractivity contribution is 7.92. The largest absolute Gasteiger partial charge is 0.363 e. The zero-order valence-electron chi connectivity index (χ0n) is 18.1. The van der Waals surface area contributed by atoms with Crippen molar-refractivity contribution in [2.75, 3.05) is 24.3 Å². The van der Waals surface area contributed by atoms with Crippen molar-refractivity contribution >= 4 is 50.4 Å². The fourth-order valence-corrected chi connectivity index (χ4v) is 6.40. The first-order chi connectivity index (χ1) is 14.6. The van der Waals surface area contributed by atoms with Gasteiger partial charge < -0.3 is 15.5 Å². The molecule has 11 heteroatoms. The molecule has 2 aromatic rings. The number of halogens is 1. The molecule has 0 aromatic carbocycles. The zero-order valence-corrected chi connectivity index (χ0v) is 20.4. The molecule has 170 valence electrons. The minimum Gasteiger partial charge on any atom is -0.363 e. The molecule has 1 aliphatic carbocycles. The van der Waals surface area contributed by atoms with E-state index in [4.69, 9.17) is 11.6 Å². The number of rotatable bonds is 7. The molecule has 0 unspecified atom stereocenters. The molecule has 1 amide bonds. The number of carbonyl (C=O) groups is 1. The summed E-state index contributed by atoms with van der Waals surface area (Å²) in [5, 5.41) is 7.25. The number of nitrogens with one attached hydrogen (secondary N) is 2. The van der Waals surface area contributed by atoms with Gasteiger partial charge in [0.1, 0.15) is 10.7 Å². The fourth-order valence-electron chi connectivity index (χ4n) is 3.41. The van der Waals surface area contributed by atoms with Gasteiger partial charge in [0.25, 0.3) is 5.91 Å². The van der Waals surface area contributed by atoms with Gasteiger partial charge in [-0.05, 0) is 45.6 Å². The van der Waals surface area contributed by atoms with Crippen LogP contribution >= 0.6 is 22.9 Å². The van der Waals surface area contributed by atoms with Crippen molar-refractivity contribution < 1.29 is 13.2 Å². The molecule has 0 saturated heterocycles. The number of carbonyl (C=O) groups excluding carboxylic acids is 1. The summed E-state index contributed by atoms with van der Waals surface area (Å²) in [7, 11) is 0.340. The van der Waals surface area contributed by atoms with Crippen LogP contribution < -0.4 is 15.5 Å². The standard InChI is InChI=1S/C20H28ClN5O3S2/c1-12(2)31(28,29)15-11-30-18(17(15)21)19(27)23-13-5-7-14(8-6-13)24-20-22-10-9-16(25-20)26(3)4/h9-14H,5-8H2,1-4H3,(H,23,27)(H,22,24,25). The molecule has 2 N–H and O–H groups in total. The van der Waals surface area contributed by atoms with Crippen LogP contribution in [0, 0.1) is 0 Å². The smallest absolute Gasteiger partial charge is 0.263 e. The van der Waals surface area contributed by atoms with Crippen LogP contribution in [0.3, 0.4) is 0 Å². The van der Waals surface area contributed by atoms with E-state index >= 15 is 0 Å². The van der Waals surface area contributed by atoms with Gasteiger partial charge in [-0.25, -0.2) is 13.4 Å². The number of amides is 1. The summed E-state index contributed by atoms with van der Waals surface area (Å²) in [5.41, 5.74) is 0. The van der Waals surface area contributed by atoms with Crippen LogP contribution in [0.2, 0.25) is 5.02 Å². The van der Waals surface area contributed by atoms with E-state index in [2.05, 4.69) is 20.6 Å². The van der Waals surface area contributed by atoms with Crippen molar-refractivity contribution in [3.05, 3.63) is 27.5 Å². The normalized spacial score (nSPS) is 19.3. The van der Waals surface area contributed by atoms with Gasteiger partial charge in [-0.2, -0.15) is 4.98 Å². The van der Waals surface area contributed by atoms with Crippen molar-refractivity contribution in [1.82, 2.24) is 15.3 Å². The van der Waals surface area contributed by atoms with E-state index in [1.54, 1.807) is 20.0 Å². The molecule has 0 aliphatic heterocycles. The van der Waals surface area contributed by atoms with Crippen molar-refractivity contribution in [3.63, 3.8) is 0 Å². The second kappa shape index (κ2) is 9.70. The molecule has 0 atom stereocenters. The van der Waals surface area contributed by atoms with E-state index in [0.29, 0.717) is 5.95 Å². The summed E-state index contributed by atoms with van der Waals surface area (Å²) >= 11 is 7.32. The summed E-state index contributed by atoms with van der Waals surface area (Å²) in [5.74, 6) is 1.12. The summed E-state index contributed by atoms with van der Waals surface area (Å²) < 4.78 is 24.8. The maximum atomic E-state index is 12.7. The maximum absolute atomic E-state index is 12.7. The van der Waals surface area contributed by atoms with Crippen LogP contribution in [0.15, 0.2) is 22.5 Å². The molecule has 1 aliphatic rings. The lowest BCUT2D eigenvalue weighted by molar-refractivity contribution is 0.0930. The topological polar surface area (TPSA) is 104 Å². The average molecular weight is 486 g/mol. The molecule has 0 spiro atoms. The number of thiophene rings is 1. The maximum Gasteiger partial charge on any atom is 0.263 e. The third-order valence-corrected chi connectivity index (χ3v) is 9.25. The van der Waals surface area contributed by atoms with E-state index in [1.807, 2.05) is 25.1 Å². The zero-order chi connectivity index (χ0) is 22.8. The molecule has 0 radical (unpaired) electrons. The lowest BCUT2D eigenvalue weighted by Crippen LogP contribution is -2.40. The number of nitrogens with zero attached hydrogens (tertiary/aromatic N) is 3. The summed E-state index contributed by atoms with van der Waals surface area (Å²) in [6.45, 7) is 3.19. The predicted octanol–water partition coefficient (Wildman–Crippen LogP) is 3.59. The van der Waals surface area contributed by atoms with E-state index < -0.39 is 15.1 Å². The van der Waals surface area contributed by atoms with E-state index in [1.165, 1.54) is 5.38 Å². The van der Waals surface area contributed by atoms with Gasteiger partial charge >= 0.3 is 0 Å². The number of sulfone groups is 1. The Balaban J connectivity index is 1.56. The molecule has 1 saturated carbocycles. The average Bonchev–Trinajstić information content (AvgIpc) is 3.11. The van der Waals surface area contributed by atoms with Gasteiger partial charge in [-0.1, -0.05) is 11.6 Å². The first kappa shape index (κ1) is 23.7. The first-order valence-electron chi connectivity index (χ1n) is 10.2. The second-order valence-electron chi connectivity index (χ2n) is 8.14. The first-order valence-corrected chi connectivity index (χ1v) is 13.0. The molecule has 1 fully saturated rings. The van der Waals surface area contributed by atoms with E-state index in [-0.39, 0.29) is 32.8 Å². The predicted molar refractivity (Wildman–Crippen MR) is 125 cm³/mol. The van der Waals surface area contributed by atoms with Gasteiger partial charge in [0.2, 0.25) is 5.95 Å². The number of anilines is 2. The minimum atomic E-state index is -3.52. The highest BCUT2D eigenvalue weighted by Crippen LogP contribution is 2.34. The van der Waals surface area contributed by atoms with Crippen LogP contribution in [-0.2, 0) is 9.84 Å². The van der Waals surface area contributed by atoms with Gasteiger partial charge in [0.05, 0.1) is 15.2 Å². The Bertz CT molecular complexity index is 1030. The van der Waals surface area contributed by atoms with Gasteiger partial charge in [0, 0.05) is 37.8 Å². The van der Waals surface area contributed by atoms with E-state index in [0.717, 1.165) is 42.8 Å². The van der Waals surface area contributed by atoms with E-state index in [9.17, 15) is 13.2 Å². The Morgan fingerprint density at radius 2 is 1.87 bits per heavy atom. The molecule has 2 aromatic heterocycles. The third-order valence-electron chi connectivity index (χ3n) is 5.33.